The van der Waals surface area contributed by atoms with E-state index in [-0.39, 0.29) is 24.1 Å². The Morgan fingerprint density at radius 1 is 1.35 bits per heavy atom. The molecule has 17 heavy (non-hydrogen) atoms. The molecule has 1 unspecified atom stereocenters. The van der Waals surface area contributed by atoms with E-state index >= 15 is 0 Å². The first-order valence-corrected chi connectivity index (χ1v) is 7.17. The van der Waals surface area contributed by atoms with Crippen molar-refractivity contribution in [2.24, 2.45) is 5.92 Å². The van der Waals surface area contributed by atoms with Crippen molar-refractivity contribution in [2.75, 3.05) is 18.8 Å². The van der Waals surface area contributed by atoms with Gasteiger partial charge in [-0.05, 0) is 44.0 Å². The largest absolute Gasteiger partial charge is 0.316 e. The van der Waals surface area contributed by atoms with Crippen LogP contribution in [-0.4, -0.2) is 32.2 Å². The van der Waals surface area contributed by atoms with Gasteiger partial charge in [0.05, 0.1) is 10.6 Å². The van der Waals surface area contributed by atoms with E-state index in [1.165, 1.54) is 12.4 Å². The lowest BCUT2D eigenvalue weighted by molar-refractivity contribution is 0.404. The maximum atomic E-state index is 12.0. The highest BCUT2D eigenvalue weighted by Gasteiger charge is 2.22. The number of aromatic nitrogens is 1. The molecule has 96 valence electrons. The second-order valence-electron chi connectivity index (χ2n) is 4.18. The van der Waals surface area contributed by atoms with E-state index in [0.717, 1.165) is 25.9 Å². The van der Waals surface area contributed by atoms with Gasteiger partial charge in [0, 0.05) is 12.4 Å². The van der Waals surface area contributed by atoms with E-state index in [2.05, 4.69) is 10.3 Å². The Bertz CT molecular complexity index is 430. The second-order valence-corrected chi connectivity index (χ2v) is 6.21. The van der Waals surface area contributed by atoms with Crippen molar-refractivity contribution >= 4 is 22.2 Å². The predicted molar refractivity (Wildman–Crippen MR) is 69.1 cm³/mol. The summed E-state index contributed by atoms with van der Waals surface area (Å²) in [6.07, 6.45) is 5.10. The summed E-state index contributed by atoms with van der Waals surface area (Å²) in [7, 11) is -3.14. The van der Waals surface area contributed by atoms with Gasteiger partial charge in [-0.15, -0.1) is 12.4 Å². The standard InChI is InChI=1S/C11H16N2O2S.ClH/c14-16(15,11-3-6-12-7-4-11)9-10-2-1-5-13-8-10;/h3-4,6-7,10,13H,1-2,5,8-9H2;1H. The van der Waals surface area contributed by atoms with Crippen LogP contribution in [0.3, 0.4) is 0 Å². The molecular formula is C11H17ClN2O2S. The van der Waals surface area contributed by atoms with Crippen LogP contribution in [0.25, 0.3) is 0 Å². The number of hydrogen-bond acceptors (Lipinski definition) is 4. The van der Waals surface area contributed by atoms with Crippen molar-refractivity contribution in [3.8, 4) is 0 Å². The first kappa shape index (κ1) is 14.4. The summed E-state index contributed by atoms with van der Waals surface area (Å²) in [6.45, 7) is 1.82. The molecule has 0 amide bonds. The average molecular weight is 277 g/mol. The maximum Gasteiger partial charge on any atom is 0.178 e. The van der Waals surface area contributed by atoms with Crippen molar-refractivity contribution in [3.63, 3.8) is 0 Å². The van der Waals surface area contributed by atoms with Crippen LogP contribution in [0.2, 0.25) is 0 Å². The molecule has 1 N–H and O–H groups in total. The number of nitrogens with zero attached hydrogens (tertiary/aromatic N) is 1. The fourth-order valence-electron chi connectivity index (χ4n) is 2.02. The molecule has 0 saturated carbocycles. The smallest absolute Gasteiger partial charge is 0.178 e. The molecular weight excluding hydrogens is 260 g/mol. The topological polar surface area (TPSA) is 59.1 Å². The van der Waals surface area contributed by atoms with Gasteiger partial charge in [0.25, 0.3) is 0 Å². The van der Waals surface area contributed by atoms with Gasteiger partial charge < -0.3 is 5.32 Å². The molecule has 6 heteroatoms. The highest BCUT2D eigenvalue weighted by atomic mass is 35.5. The van der Waals surface area contributed by atoms with Gasteiger partial charge in [0.15, 0.2) is 9.84 Å². The summed E-state index contributed by atoms with van der Waals surface area (Å²) in [5.41, 5.74) is 0. The Kier molecular flexibility index (Phi) is 5.36. The molecule has 0 spiro atoms. The van der Waals surface area contributed by atoms with Crippen LogP contribution in [0.4, 0.5) is 0 Å². The fourth-order valence-corrected chi connectivity index (χ4v) is 3.65. The van der Waals surface area contributed by atoms with Crippen LogP contribution >= 0.6 is 12.4 Å². The third-order valence-electron chi connectivity index (χ3n) is 2.86. The van der Waals surface area contributed by atoms with Crippen molar-refractivity contribution in [3.05, 3.63) is 24.5 Å². The molecule has 0 radical (unpaired) electrons. The zero-order valence-electron chi connectivity index (χ0n) is 9.50. The predicted octanol–water partition coefficient (Wildman–Crippen LogP) is 1.28. The summed E-state index contributed by atoms with van der Waals surface area (Å²) < 4.78 is 24.1. The SMILES string of the molecule is Cl.O=S(=O)(CC1CCCNC1)c1ccncc1. The zero-order valence-corrected chi connectivity index (χ0v) is 11.1. The van der Waals surface area contributed by atoms with Crippen molar-refractivity contribution in [1.82, 2.24) is 10.3 Å². The molecule has 0 bridgehead atoms. The zero-order chi connectivity index (χ0) is 11.4. The summed E-state index contributed by atoms with van der Waals surface area (Å²) in [5, 5.41) is 3.23. The first-order valence-electron chi connectivity index (χ1n) is 5.52. The number of halogens is 1. The van der Waals surface area contributed by atoms with Crippen molar-refractivity contribution < 1.29 is 8.42 Å². The van der Waals surface area contributed by atoms with Crippen LogP contribution in [0, 0.1) is 5.92 Å². The lowest BCUT2D eigenvalue weighted by Crippen LogP contribution is -2.33. The molecule has 0 aromatic carbocycles. The quantitative estimate of drug-likeness (QED) is 0.903. The average Bonchev–Trinajstić information content (AvgIpc) is 2.31. The Morgan fingerprint density at radius 3 is 2.65 bits per heavy atom. The van der Waals surface area contributed by atoms with Gasteiger partial charge in [-0.3, -0.25) is 4.98 Å². The van der Waals surface area contributed by atoms with Crippen LogP contribution in [0.1, 0.15) is 12.8 Å². The van der Waals surface area contributed by atoms with E-state index in [0.29, 0.717) is 4.90 Å². The molecule has 1 fully saturated rings. The highest BCUT2D eigenvalue weighted by molar-refractivity contribution is 7.91. The van der Waals surface area contributed by atoms with E-state index in [4.69, 9.17) is 0 Å². The summed E-state index contributed by atoms with van der Waals surface area (Å²) >= 11 is 0. The van der Waals surface area contributed by atoms with Crippen molar-refractivity contribution in [2.45, 2.75) is 17.7 Å². The van der Waals surface area contributed by atoms with E-state index in [9.17, 15) is 8.42 Å². The van der Waals surface area contributed by atoms with Gasteiger partial charge in [-0.25, -0.2) is 8.42 Å². The highest BCUT2D eigenvalue weighted by Crippen LogP contribution is 2.17. The van der Waals surface area contributed by atoms with E-state index in [1.54, 1.807) is 12.1 Å². The number of pyridine rings is 1. The van der Waals surface area contributed by atoms with Crippen molar-refractivity contribution in [1.29, 1.82) is 0 Å². The minimum atomic E-state index is -3.14. The molecule has 1 atom stereocenters. The number of sulfone groups is 1. The van der Waals surface area contributed by atoms with Gasteiger partial charge in [-0.1, -0.05) is 0 Å². The minimum Gasteiger partial charge on any atom is -0.316 e. The Morgan fingerprint density at radius 2 is 2.06 bits per heavy atom. The number of hydrogen-bond donors (Lipinski definition) is 1. The fraction of sp³-hybridized carbons (Fsp3) is 0.545. The number of piperidine rings is 1. The lowest BCUT2D eigenvalue weighted by atomic mass is 10.0. The van der Waals surface area contributed by atoms with Gasteiger partial charge in [-0.2, -0.15) is 0 Å². The molecule has 1 saturated heterocycles. The van der Waals surface area contributed by atoms with Crippen LogP contribution < -0.4 is 5.32 Å². The number of rotatable bonds is 3. The Balaban J connectivity index is 0.00000144. The molecule has 1 aliphatic rings. The third kappa shape index (κ3) is 3.94. The van der Waals surface area contributed by atoms with Gasteiger partial charge >= 0.3 is 0 Å². The Hall–Kier alpha value is -0.650. The summed E-state index contributed by atoms with van der Waals surface area (Å²) in [4.78, 5) is 4.21. The summed E-state index contributed by atoms with van der Waals surface area (Å²) in [6, 6.07) is 3.12. The summed E-state index contributed by atoms with van der Waals surface area (Å²) in [5.74, 6) is 0.483. The minimum absolute atomic E-state index is 0. The normalized spacial score (nSPS) is 20.6. The lowest BCUT2D eigenvalue weighted by Gasteiger charge is -2.22. The molecule has 0 aliphatic carbocycles. The monoisotopic (exact) mass is 276 g/mol. The molecule has 1 aromatic rings. The van der Waals surface area contributed by atoms with E-state index in [1.807, 2.05) is 0 Å². The molecule has 2 rings (SSSR count). The van der Waals surface area contributed by atoms with Gasteiger partial charge in [0.1, 0.15) is 0 Å². The van der Waals surface area contributed by atoms with Gasteiger partial charge in [0.2, 0.25) is 0 Å². The molecule has 1 aliphatic heterocycles. The second kappa shape index (κ2) is 6.33. The molecule has 4 nitrogen and oxygen atoms in total. The first-order chi connectivity index (χ1) is 7.68. The molecule has 2 heterocycles. The third-order valence-corrected chi connectivity index (χ3v) is 4.76. The van der Waals surface area contributed by atoms with Crippen LogP contribution in [0.15, 0.2) is 29.4 Å². The van der Waals surface area contributed by atoms with Crippen LogP contribution in [-0.2, 0) is 9.84 Å². The van der Waals surface area contributed by atoms with Crippen LogP contribution in [0.5, 0.6) is 0 Å². The van der Waals surface area contributed by atoms with E-state index < -0.39 is 9.84 Å². The molecule has 1 aromatic heterocycles. The Labute approximate surface area is 108 Å². The number of nitrogens with one attached hydrogen (secondary N) is 1. The maximum absolute atomic E-state index is 12.0.